The van der Waals surface area contributed by atoms with Crippen LogP contribution in [0.2, 0.25) is 0 Å². The van der Waals surface area contributed by atoms with E-state index >= 15 is 0 Å². The zero-order valence-corrected chi connectivity index (χ0v) is 12.9. The maximum absolute atomic E-state index is 10.8. The lowest BCUT2D eigenvalue weighted by atomic mass is 9.98. The Bertz CT molecular complexity index is 398. The van der Waals surface area contributed by atoms with E-state index in [9.17, 15) is 14.4 Å². The molecular formula is C14H20O9. The first-order valence-corrected chi connectivity index (χ1v) is 6.89. The van der Waals surface area contributed by atoms with Crippen LogP contribution < -0.4 is 0 Å². The lowest BCUT2D eigenvalue weighted by Crippen LogP contribution is -2.61. The van der Waals surface area contributed by atoms with Gasteiger partial charge in [-0.2, -0.15) is 0 Å². The zero-order valence-electron chi connectivity index (χ0n) is 12.9. The van der Waals surface area contributed by atoms with Gasteiger partial charge in [0.1, 0.15) is 12.7 Å². The van der Waals surface area contributed by atoms with Gasteiger partial charge in [0, 0.05) is 0 Å². The fraction of sp³-hybridized carbons (Fsp3) is 0.643. The van der Waals surface area contributed by atoms with Crippen LogP contribution >= 0.6 is 0 Å². The molecule has 1 saturated heterocycles. The molecule has 5 atom stereocenters. The van der Waals surface area contributed by atoms with Crippen molar-refractivity contribution >= 4 is 19.4 Å². The number of hydrogen-bond donors (Lipinski definition) is 0. The molecule has 1 rings (SSSR count). The predicted molar refractivity (Wildman–Crippen MR) is 73.8 cm³/mol. The van der Waals surface area contributed by atoms with Crippen molar-refractivity contribution in [3.05, 3.63) is 12.8 Å². The fourth-order valence-electron chi connectivity index (χ4n) is 2.23. The molecule has 0 spiro atoms. The number of ether oxygens (including phenoxy) is 6. The normalized spacial score (nSPS) is 30.1. The van der Waals surface area contributed by atoms with Crippen LogP contribution in [-0.2, 0) is 42.8 Å². The lowest BCUT2D eigenvalue weighted by Gasteiger charge is -2.43. The fourth-order valence-corrected chi connectivity index (χ4v) is 2.23. The van der Waals surface area contributed by atoms with Crippen molar-refractivity contribution in [2.24, 2.45) is 0 Å². The first-order chi connectivity index (χ1) is 11.1. The predicted octanol–water partition coefficient (Wildman–Crippen LogP) is -0.0788. The third-order valence-corrected chi connectivity index (χ3v) is 3.00. The molecule has 0 N–H and O–H groups in total. The zero-order chi connectivity index (χ0) is 17.2. The Morgan fingerprint density at radius 1 is 1.00 bits per heavy atom. The Hall–Kier alpha value is -2.13. The van der Waals surface area contributed by atoms with Crippen molar-refractivity contribution < 1.29 is 42.8 Å². The van der Waals surface area contributed by atoms with Crippen LogP contribution in [0.4, 0.5) is 0 Å². The minimum atomic E-state index is -1.05. The summed E-state index contributed by atoms with van der Waals surface area (Å²) in [5, 5.41) is 0. The van der Waals surface area contributed by atoms with Crippen LogP contribution in [0.5, 0.6) is 0 Å². The number of hydrogen-bond acceptors (Lipinski definition) is 9. The molecule has 130 valence electrons. The summed E-state index contributed by atoms with van der Waals surface area (Å²) in [4.78, 5) is 31.9. The monoisotopic (exact) mass is 332 g/mol. The molecule has 0 aromatic rings. The van der Waals surface area contributed by atoms with E-state index in [1.807, 2.05) is 0 Å². The van der Waals surface area contributed by atoms with Crippen LogP contribution in [-0.4, -0.2) is 62.8 Å². The van der Waals surface area contributed by atoms with Gasteiger partial charge < -0.3 is 28.4 Å². The van der Waals surface area contributed by atoms with Gasteiger partial charge in [-0.05, 0) is 13.8 Å². The third kappa shape index (κ3) is 5.22. The summed E-state index contributed by atoms with van der Waals surface area (Å²) in [6.45, 7) is 7.36. The van der Waals surface area contributed by atoms with Crippen LogP contribution in [0.25, 0.3) is 0 Å². The van der Waals surface area contributed by atoms with Gasteiger partial charge in [0.2, 0.25) is 0 Å². The molecule has 1 aliphatic rings. The van der Waals surface area contributed by atoms with Crippen LogP contribution in [0.15, 0.2) is 12.8 Å². The minimum absolute atomic E-state index is 0.178. The lowest BCUT2D eigenvalue weighted by molar-refractivity contribution is -0.310. The van der Waals surface area contributed by atoms with Gasteiger partial charge in [0.15, 0.2) is 24.6 Å². The molecule has 0 aromatic heterocycles. The minimum Gasteiger partial charge on any atom is -0.489 e. The molecule has 1 unspecified atom stereocenters. The average molecular weight is 332 g/mol. The highest BCUT2D eigenvalue weighted by Crippen LogP contribution is 2.29. The summed E-state index contributed by atoms with van der Waals surface area (Å²) in [7, 11) is 0. The Morgan fingerprint density at radius 3 is 2.17 bits per heavy atom. The topological polar surface area (TPSA) is 107 Å². The molecule has 0 bridgehead atoms. The van der Waals surface area contributed by atoms with Crippen molar-refractivity contribution in [3.8, 4) is 0 Å². The third-order valence-electron chi connectivity index (χ3n) is 3.00. The maximum atomic E-state index is 10.8. The smallest absolute Gasteiger partial charge is 0.293 e. The molecule has 1 heterocycles. The molecule has 0 aliphatic carbocycles. The van der Waals surface area contributed by atoms with E-state index in [1.54, 1.807) is 13.8 Å². The van der Waals surface area contributed by atoms with Crippen molar-refractivity contribution in [2.75, 3.05) is 6.61 Å². The summed E-state index contributed by atoms with van der Waals surface area (Å²) in [6, 6.07) is 0. The van der Waals surface area contributed by atoms with Crippen molar-refractivity contribution in [1.82, 2.24) is 0 Å². The summed E-state index contributed by atoms with van der Waals surface area (Å²) in [5.74, 6) is 0. The van der Waals surface area contributed by atoms with Gasteiger partial charge >= 0.3 is 0 Å². The van der Waals surface area contributed by atoms with E-state index in [0.717, 1.165) is 6.26 Å². The summed E-state index contributed by atoms with van der Waals surface area (Å²) in [5.41, 5.74) is 0. The number of carbonyl (C=O) groups is 3. The van der Waals surface area contributed by atoms with E-state index in [0.29, 0.717) is 0 Å². The highest BCUT2D eigenvalue weighted by atomic mass is 16.7. The van der Waals surface area contributed by atoms with Gasteiger partial charge in [-0.1, -0.05) is 6.58 Å². The van der Waals surface area contributed by atoms with Gasteiger partial charge in [-0.25, -0.2) is 0 Å². The summed E-state index contributed by atoms with van der Waals surface area (Å²) in [6.07, 6.45) is -3.95. The Labute approximate surface area is 133 Å². The van der Waals surface area contributed by atoms with E-state index in [2.05, 4.69) is 11.3 Å². The molecule has 0 saturated carbocycles. The summed E-state index contributed by atoms with van der Waals surface area (Å²) < 4.78 is 31.1. The largest absolute Gasteiger partial charge is 0.489 e. The van der Waals surface area contributed by atoms with E-state index in [4.69, 9.17) is 23.7 Å². The Balaban J connectivity index is 3.08. The second-order valence-corrected chi connectivity index (χ2v) is 4.82. The second-order valence-electron chi connectivity index (χ2n) is 4.82. The van der Waals surface area contributed by atoms with Gasteiger partial charge in [0.05, 0.1) is 12.4 Å². The van der Waals surface area contributed by atoms with Crippen molar-refractivity contribution in [1.29, 1.82) is 0 Å². The number of rotatable bonds is 11. The van der Waals surface area contributed by atoms with E-state index in [1.165, 1.54) is 0 Å². The molecular weight excluding hydrogens is 312 g/mol. The summed E-state index contributed by atoms with van der Waals surface area (Å²) >= 11 is 0. The molecule has 0 radical (unpaired) electrons. The van der Waals surface area contributed by atoms with E-state index in [-0.39, 0.29) is 32.1 Å². The maximum Gasteiger partial charge on any atom is 0.293 e. The van der Waals surface area contributed by atoms with Crippen molar-refractivity contribution in [2.45, 2.75) is 50.7 Å². The van der Waals surface area contributed by atoms with Gasteiger partial charge in [-0.15, -0.1) is 0 Å². The standard InChI is InChI=1S/C14H20O9/c1-4-19-13-12(21-8-17)11(20-7-16)10(5-18-6-15)23-14(13)22-9(2)3/h4,6-14H,1,5H2,2-3H3/t10-,11+,12+,13-,14?/m1/s1. The highest BCUT2D eigenvalue weighted by molar-refractivity contribution is 5.40. The Morgan fingerprint density at radius 2 is 1.65 bits per heavy atom. The molecule has 1 fully saturated rings. The van der Waals surface area contributed by atoms with Gasteiger partial charge in [-0.3, -0.25) is 14.4 Å². The molecule has 1 aliphatic heterocycles. The first kappa shape index (κ1) is 18.9. The first-order valence-electron chi connectivity index (χ1n) is 6.89. The van der Waals surface area contributed by atoms with Crippen LogP contribution in [0.1, 0.15) is 13.8 Å². The number of carbonyl (C=O) groups excluding carboxylic acids is 3. The molecule has 9 heteroatoms. The molecule has 9 nitrogen and oxygen atoms in total. The molecule has 0 aromatic carbocycles. The molecule has 0 amide bonds. The highest BCUT2D eigenvalue weighted by Gasteiger charge is 2.51. The van der Waals surface area contributed by atoms with E-state index < -0.39 is 30.7 Å². The van der Waals surface area contributed by atoms with Crippen LogP contribution in [0.3, 0.4) is 0 Å². The SMILES string of the molecule is C=CO[C@H]1C(OC(C)C)O[C@H](COC=O)[C@H](OC=O)[C@@H]1OC=O. The Kier molecular flexibility index (Phi) is 8.06. The van der Waals surface area contributed by atoms with Crippen LogP contribution in [0, 0.1) is 0 Å². The second kappa shape index (κ2) is 9.80. The van der Waals surface area contributed by atoms with Crippen molar-refractivity contribution in [3.63, 3.8) is 0 Å². The van der Waals surface area contributed by atoms with Gasteiger partial charge in [0.25, 0.3) is 19.4 Å². The average Bonchev–Trinajstić information content (AvgIpc) is 2.51. The quantitative estimate of drug-likeness (QED) is 0.292. The molecule has 23 heavy (non-hydrogen) atoms.